The van der Waals surface area contributed by atoms with Crippen molar-refractivity contribution >= 4 is 80.4 Å². The molecule has 14 heteroatoms. The third-order valence-corrected chi connectivity index (χ3v) is 14.6. The molecule has 2 aromatic carbocycles. The third-order valence-electron chi connectivity index (χ3n) is 14.6. The number of aromatic amines is 2. The Hall–Kier alpha value is -8.92. The van der Waals surface area contributed by atoms with Gasteiger partial charge in [0.25, 0.3) is 0 Å². The third kappa shape index (κ3) is 9.45. The van der Waals surface area contributed by atoms with E-state index in [1.54, 1.807) is 19.2 Å². The van der Waals surface area contributed by atoms with Crippen LogP contribution in [0.4, 0.5) is 0 Å². The summed E-state index contributed by atoms with van der Waals surface area (Å²) in [6.07, 6.45) is 9.16. The molecule has 4 aliphatic rings. The Kier molecular flexibility index (Phi) is 13.1. The molecule has 0 aliphatic carbocycles. The van der Waals surface area contributed by atoms with Crippen LogP contribution in [-0.2, 0) is 52.6 Å². The number of ether oxygens (including phenoxy) is 3. The first-order chi connectivity index (χ1) is 37.1. The minimum absolute atomic E-state index is 0. The summed E-state index contributed by atoms with van der Waals surface area (Å²) in [7, 11) is 4.38. The molecule has 0 spiro atoms. The van der Waals surface area contributed by atoms with Crippen LogP contribution in [0.3, 0.4) is 0 Å². The van der Waals surface area contributed by atoms with Gasteiger partial charge in [-0.3, -0.25) is 9.97 Å². The number of methoxy groups -OCH3 is 3. The Labute approximate surface area is 463 Å². The molecule has 380 valence electrons. The number of carbonyl (C=O) groups excluding carboxylic acids is 2. The number of esters is 2. The van der Waals surface area contributed by atoms with Gasteiger partial charge in [0.05, 0.1) is 83.0 Å². The zero-order valence-electron chi connectivity index (χ0n) is 44.5. The van der Waals surface area contributed by atoms with Crippen LogP contribution in [0.15, 0.2) is 109 Å². The normalized spacial score (nSPS) is 13.8. The quantitative estimate of drug-likeness (QED) is 0.0954. The fourth-order valence-electron chi connectivity index (χ4n) is 10.6. The van der Waals surface area contributed by atoms with Gasteiger partial charge in [-0.05, 0) is 95.9 Å². The number of fused-ring (bicyclic) bond motifs is 16. The number of aryl methyl sites for hydroxylation is 1. The number of aromatic nitrogens is 8. The standard InChI is InChI=1S/C64H54N8O5.Zn/c1-35-47(24-11-36-9-12-37(13-10-36)56-48-25-22-44(67-48)28-42-20-18-40(65-42)27-41-19-21-43(66-41)29-45-23-26-49(56)68-45)50-31-54-63(2,3)33-46(69-54)30-51-58(62(74)77-8)57(38-14-16-39(17-15-38)61(73)76-7)52(70-51)32-55-64(4,5)34-53(71-55)60(75-6)59(35)72-50;/h9-10,12-23,25-32H,33-34H2,1-8H3,(H4,65,66,67,68,69,70,71,72,73,74);/q;+2/p-2. The second-order valence-electron chi connectivity index (χ2n) is 20.9. The van der Waals surface area contributed by atoms with Crippen molar-refractivity contribution in [3.63, 3.8) is 0 Å². The van der Waals surface area contributed by atoms with Crippen LogP contribution >= 0.6 is 0 Å². The Morgan fingerprint density at radius 1 is 0.590 bits per heavy atom. The van der Waals surface area contributed by atoms with E-state index in [1.807, 2.05) is 103 Å². The fraction of sp³-hybridized carbons (Fsp3) is 0.188. The molecule has 4 aliphatic heterocycles. The van der Waals surface area contributed by atoms with E-state index in [2.05, 4.69) is 74.6 Å². The summed E-state index contributed by atoms with van der Waals surface area (Å²) in [5.74, 6) is 6.68. The first-order valence-corrected chi connectivity index (χ1v) is 25.3. The van der Waals surface area contributed by atoms with Crippen molar-refractivity contribution in [2.75, 3.05) is 21.3 Å². The number of H-pyrrole nitrogens is 2. The van der Waals surface area contributed by atoms with Gasteiger partial charge >= 0.3 is 31.4 Å². The van der Waals surface area contributed by atoms with Gasteiger partial charge < -0.3 is 34.1 Å². The molecule has 0 radical (unpaired) electrons. The SMILES string of the molecule is COC(=O)c1ccc(-c2c(C(=O)OC)c3cc4nc(cc5[nH]c(c(C)c5C#Cc5ccc(-c6c7nc(cc8ccc(cc9nc(cc%10ccc6[n-]%10)C=C9)[n-]8)C=C7)cc5)c(OC)c5nc(cc2[nH]3)C(C)(C)C5)C(C)(C)C4)cc1.[Zn+2]. The summed E-state index contributed by atoms with van der Waals surface area (Å²) in [5.41, 5.74) is 17.9. The number of nitrogens with zero attached hydrogens (tertiary/aromatic N) is 6. The predicted octanol–water partition coefficient (Wildman–Crippen LogP) is 12.2. The molecular formula is C64H52N8O5Zn. The second-order valence-corrected chi connectivity index (χ2v) is 20.9. The van der Waals surface area contributed by atoms with E-state index in [0.29, 0.717) is 51.9 Å². The van der Waals surface area contributed by atoms with Crippen LogP contribution in [0.25, 0.3) is 90.7 Å². The van der Waals surface area contributed by atoms with Gasteiger partial charge in [0, 0.05) is 57.4 Å². The average Bonchev–Trinajstić information content (AvgIpc) is 4.49. The van der Waals surface area contributed by atoms with Crippen LogP contribution in [-0.4, -0.2) is 63.2 Å². The van der Waals surface area contributed by atoms with E-state index in [-0.39, 0.29) is 19.5 Å². The zero-order chi connectivity index (χ0) is 53.3. The van der Waals surface area contributed by atoms with Gasteiger partial charge in [-0.1, -0.05) is 106 Å². The smallest absolute Gasteiger partial charge is 0.658 e. The molecule has 78 heavy (non-hydrogen) atoms. The Bertz CT molecular complexity index is 4290. The molecule has 0 unspecified atom stereocenters. The summed E-state index contributed by atoms with van der Waals surface area (Å²) in [6.45, 7) is 10.7. The van der Waals surface area contributed by atoms with Crippen molar-refractivity contribution < 1.29 is 43.3 Å². The molecule has 0 saturated carbocycles. The number of carbonyl (C=O) groups is 2. The maximum absolute atomic E-state index is 14.0. The molecule has 2 N–H and O–H groups in total. The van der Waals surface area contributed by atoms with Gasteiger partial charge in [-0.25, -0.2) is 19.6 Å². The largest absolute Gasteiger partial charge is 2.00 e. The molecule has 16 bridgehead atoms. The maximum Gasteiger partial charge on any atom is 2.00 e. The molecular weight excluding hydrogens is 1030 g/mol. The molecule has 0 fully saturated rings. The molecule has 10 heterocycles. The first-order valence-electron chi connectivity index (χ1n) is 25.3. The van der Waals surface area contributed by atoms with Crippen LogP contribution < -0.4 is 14.7 Å². The van der Waals surface area contributed by atoms with Crippen molar-refractivity contribution in [2.24, 2.45) is 0 Å². The molecule has 0 saturated heterocycles. The Morgan fingerprint density at radius 3 is 1.88 bits per heavy atom. The van der Waals surface area contributed by atoms with E-state index in [4.69, 9.17) is 44.1 Å². The molecule has 8 aromatic rings. The van der Waals surface area contributed by atoms with Gasteiger partial charge in [0.15, 0.2) is 5.75 Å². The fourth-order valence-corrected chi connectivity index (χ4v) is 10.6. The van der Waals surface area contributed by atoms with E-state index >= 15 is 0 Å². The molecule has 0 amide bonds. The second kappa shape index (κ2) is 19.9. The molecule has 13 nitrogen and oxygen atoms in total. The van der Waals surface area contributed by atoms with E-state index in [1.165, 1.54) is 14.2 Å². The minimum Gasteiger partial charge on any atom is -0.658 e. The van der Waals surface area contributed by atoms with Crippen molar-refractivity contribution in [1.29, 1.82) is 0 Å². The van der Waals surface area contributed by atoms with Crippen molar-refractivity contribution in [3.8, 4) is 39.8 Å². The number of rotatable bonds is 5. The summed E-state index contributed by atoms with van der Waals surface area (Å²) in [6, 6.07) is 35.1. The summed E-state index contributed by atoms with van der Waals surface area (Å²) < 4.78 is 16.7. The average molecular weight is 1080 g/mol. The number of hydrogen-bond donors (Lipinski definition) is 2. The zero-order valence-corrected chi connectivity index (χ0v) is 47.5. The van der Waals surface area contributed by atoms with Crippen LogP contribution in [0.2, 0.25) is 0 Å². The van der Waals surface area contributed by atoms with E-state index in [9.17, 15) is 9.59 Å². The van der Waals surface area contributed by atoms with E-state index in [0.717, 1.165) is 106 Å². The van der Waals surface area contributed by atoms with Crippen molar-refractivity contribution in [3.05, 3.63) is 183 Å². The monoisotopic (exact) mass is 1080 g/mol. The van der Waals surface area contributed by atoms with Gasteiger partial charge in [-0.2, -0.15) is 0 Å². The number of nitrogens with one attached hydrogen (secondary N) is 2. The predicted molar refractivity (Wildman–Crippen MR) is 302 cm³/mol. The summed E-state index contributed by atoms with van der Waals surface area (Å²) in [4.78, 5) is 64.0. The molecule has 0 atom stereocenters. The maximum atomic E-state index is 14.0. The number of hydrogen-bond acceptors (Lipinski definition) is 9. The van der Waals surface area contributed by atoms with E-state index < -0.39 is 22.8 Å². The summed E-state index contributed by atoms with van der Waals surface area (Å²) >= 11 is 0. The topological polar surface area (TPSA) is 173 Å². The Balaban J connectivity index is 0.00000645. The Morgan fingerprint density at radius 2 is 1.19 bits per heavy atom. The van der Waals surface area contributed by atoms with Gasteiger partial charge in [-0.15, -0.1) is 22.1 Å². The summed E-state index contributed by atoms with van der Waals surface area (Å²) in [5, 5.41) is 0. The van der Waals surface area contributed by atoms with Crippen LogP contribution in [0.1, 0.15) is 111 Å². The van der Waals surface area contributed by atoms with Gasteiger partial charge in [0.1, 0.15) is 0 Å². The number of benzene rings is 2. The first kappa shape index (κ1) is 51.2. The van der Waals surface area contributed by atoms with Crippen molar-refractivity contribution in [2.45, 2.75) is 58.3 Å². The van der Waals surface area contributed by atoms with Crippen molar-refractivity contribution in [1.82, 2.24) is 39.9 Å². The molecule has 6 aromatic heterocycles. The molecule has 12 rings (SSSR count). The van der Waals surface area contributed by atoms with Crippen LogP contribution in [0, 0.1) is 18.8 Å². The van der Waals surface area contributed by atoms with Gasteiger partial charge in [0.2, 0.25) is 0 Å². The van der Waals surface area contributed by atoms with Crippen LogP contribution in [0.5, 0.6) is 5.75 Å². The minimum atomic E-state index is -0.523.